The van der Waals surface area contributed by atoms with Crippen molar-refractivity contribution in [1.29, 1.82) is 0 Å². The molecule has 1 amide bonds. The van der Waals surface area contributed by atoms with Gasteiger partial charge in [0.1, 0.15) is 11.9 Å². The molecule has 0 spiro atoms. The van der Waals surface area contributed by atoms with E-state index in [1.807, 2.05) is 0 Å². The molecule has 0 aromatic heterocycles. The van der Waals surface area contributed by atoms with Crippen molar-refractivity contribution in [2.24, 2.45) is 0 Å². The Labute approximate surface area is 133 Å². The van der Waals surface area contributed by atoms with E-state index in [9.17, 15) is 18.3 Å². The molecule has 2 aliphatic heterocycles. The molecule has 0 saturated heterocycles. The Morgan fingerprint density at radius 3 is 2.74 bits per heavy atom. The van der Waals surface area contributed by atoms with Gasteiger partial charge in [-0.15, -0.1) is 5.48 Å². The van der Waals surface area contributed by atoms with E-state index in [1.54, 1.807) is 25.1 Å². The molecular weight excluding hydrogens is 322 g/mol. The first kappa shape index (κ1) is 15.4. The molecule has 0 aliphatic carbocycles. The minimum Gasteiger partial charge on any atom is -0.505 e. The lowest BCUT2D eigenvalue weighted by molar-refractivity contribution is -0.120. The number of fused-ring (bicyclic) bond motifs is 1. The van der Waals surface area contributed by atoms with Crippen LogP contribution in [-0.4, -0.2) is 36.4 Å². The normalized spacial score (nSPS) is 25.0. The van der Waals surface area contributed by atoms with Gasteiger partial charge in [0.15, 0.2) is 11.5 Å². The maximum absolute atomic E-state index is 12.5. The first-order valence-corrected chi connectivity index (χ1v) is 8.15. The number of carbonyl (C=O) groups excluding carboxylic acids is 1. The number of hydrogen-bond donors (Lipinski definition) is 3. The SMILES string of the molecule is CN1C(C(=O)NC2(C)C=CON2)=C(O)c2ccccc2S1(=O)=O. The van der Waals surface area contributed by atoms with Crippen LogP contribution in [0.3, 0.4) is 0 Å². The molecule has 2 heterocycles. The Hall–Kier alpha value is -2.52. The van der Waals surface area contributed by atoms with Crippen LogP contribution in [0.15, 0.2) is 47.2 Å². The molecule has 122 valence electrons. The molecule has 1 aromatic carbocycles. The van der Waals surface area contributed by atoms with Crippen LogP contribution in [0, 0.1) is 0 Å². The molecule has 3 rings (SSSR count). The van der Waals surface area contributed by atoms with Crippen LogP contribution in [0.25, 0.3) is 5.76 Å². The minimum atomic E-state index is -3.92. The first-order valence-electron chi connectivity index (χ1n) is 6.71. The fraction of sp³-hybridized carbons (Fsp3) is 0.214. The zero-order valence-electron chi connectivity index (χ0n) is 12.4. The predicted octanol–water partition coefficient (Wildman–Crippen LogP) is 0.428. The van der Waals surface area contributed by atoms with Gasteiger partial charge in [-0.2, -0.15) is 0 Å². The number of hydrogen-bond acceptors (Lipinski definition) is 6. The van der Waals surface area contributed by atoms with Crippen LogP contribution in [0.1, 0.15) is 12.5 Å². The molecule has 23 heavy (non-hydrogen) atoms. The van der Waals surface area contributed by atoms with E-state index in [0.717, 1.165) is 4.31 Å². The summed E-state index contributed by atoms with van der Waals surface area (Å²) in [6, 6.07) is 5.96. The van der Waals surface area contributed by atoms with E-state index < -0.39 is 27.4 Å². The third kappa shape index (κ3) is 2.34. The van der Waals surface area contributed by atoms with E-state index in [0.29, 0.717) is 0 Å². The van der Waals surface area contributed by atoms with Crippen molar-refractivity contribution in [3.63, 3.8) is 0 Å². The molecule has 8 nitrogen and oxygen atoms in total. The third-order valence-electron chi connectivity index (χ3n) is 3.65. The second kappa shape index (κ2) is 5.00. The topological polar surface area (TPSA) is 108 Å². The number of aliphatic hydroxyl groups excluding tert-OH is 1. The highest BCUT2D eigenvalue weighted by Gasteiger charge is 2.39. The minimum absolute atomic E-state index is 0.0509. The Morgan fingerprint density at radius 2 is 2.09 bits per heavy atom. The average molecular weight is 337 g/mol. The lowest BCUT2D eigenvalue weighted by atomic mass is 10.1. The largest absolute Gasteiger partial charge is 0.505 e. The fourth-order valence-electron chi connectivity index (χ4n) is 2.40. The highest BCUT2D eigenvalue weighted by molar-refractivity contribution is 7.89. The first-order chi connectivity index (χ1) is 10.8. The molecule has 1 atom stereocenters. The Balaban J connectivity index is 2.07. The van der Waals surface area contributed by atoms with Crippen LogP contribution in [0.2, 0.25) is 0 Å². The number of benzene rings is 1. The highest BCUT2D eigenvalue weighted by atomic mass is 32.2. The van der Waals surface area contributed by atoms with Gasteiger partial charge in [0, 0.05) is 12.6 Å². The Bertz CT molecular complexity index is 846. The average Bonchev–Trinajstić information content (AvgIpc) is 2.92. The van der Waals surface area contributed by atoms with Crippen molar-refractivity contribution in [2.45, 2.75) is 17.5 Å². The smallest absolute Gasteiger partial charge is 0.274 e. The van der Waals surface area contributed by atoms with Gasteiger partial charge in [0.25, 0.3) is 15.9 Å². The van der Waals surface area contributed by atoms with Crippen molar-refractivity contribution in [2.75, 3.05) is 7.05 Å². The number of nitrogens with zero attached hydrogens (tertiary/aromatic N) is 1. The summed E-state index contributed by atoms with van der Waals surface area (Å²) in [6.07, 6.45) is 2.90. The van der Waals surface area contributed by atoms with Crippen LogP contribution < -0.4 is 10.8 Å². The quantitative estimate of drug-likeness (QED) is 0.722. The van der Waals surface area contributed by atoms with E-state index >= 15 is 0 Å². The fourth-order valence-corrected chi connectivity index (χ4v) is 3.80. The number of likely N-dealkylation sites (N-methyl/N-ethyl adjacent to an activating group) is 1. The maximum Gasteiger partial charge on any atom is 0.274 e. The summed E-state index contributed by atoms with van der Waals surface area (Å²) in [4.78, 5) is 17.3. The number of amides is 1. The molecule has 3 N–H and O–H groups in total. The summed E-state index contributed by atoms with van der Waals surface area (Å²) < 4.78 is 25.8. The Morgan fingerprint density at radius 1 is 1.39 bits per heavy atom. The molecule has 2 aliphatic rings. The molecule has 1 aromatic rings. The standard InChI is InChI=1S/C14H15N3O5S/c1-14(7-8-22-16-14)15-13(19)11-12(18)9-5-3-4-6-10(9)23(20,21)17(11)2/h3-8,16,18H,1-2H3,(H,15,19). The number of hydroxylamine groups is 1. The molecule has 0 saturated carbocycles. The molecule has 0 radical (unpaired) electrons. The molecule has 0 fully saturated rings. The molecule has 0 bridgehead atoms. The second-order valence-electron chi connectivity index (χ2n) is 5.35. The lowest BCUT2D eigenvalue weighted by Gasteiger charge is -2.30. The zero-order valence-corrected chi connectivity index (χ0v) is 13.2. The molecule has 1 unspecified atom stereocenters. The van der Waals surface area contributed by atoms with Crippen molar-refractivity contribution in [3.05, 3.63) is 47.9 Å². The van der Waals surface area contributed by atoms with Crippen LogP contribution in [0.5, 0.6) is 0 Å². The summed E-state index contributed by atoms with van der Waals surface area (Å²) in [5.41, 5.74) is 1.28. The van der Waals surface area contributed by atoms with Crippen LogP contribution in [0.4, 0.5) is 0 Å². The van der Waals surface area contributed by atoms with Crippen molar-refractivity contribution >= 4 is 21.7 Å². The summed E-state index contributed by atoms with van der Waals surface area (Å²) in [5, 5.41) is 13.0. The second-order valence-corrected chi connectivity index (χ2v) is 7.28. The summed E-state index contributed by atoms with van der Waals surface area (Å²) in [7, 11) is -2.70. The lowest BCUT2D eigenvalue weighted by Crippen LogP contribution is -2.54. The van der Waals surface area contributed by atoms with E-state index in [2.05, 4.69) is 10.8 Å². The Kier molecular flexibility index (Phi) is 3.34. The number of aliphatic hydroxyl groups is 1. The summed E-state index contributed by atoms with van der Waals surface area (Å²) >= 11 is 0. The van der Waals surface area contributed by atoms with Crippen molar-refractivity contribution < 1.29 is 23.2 Å². The summed E-state index contributed by atoms with van der Waals surface area (Å²) in [5.74, 6) is -1.16. The van der Waals surface area contributed by atoms with Crippen LogP contribution >= 0.6 is 0 Å². The van der Waals surface area contributed by atoms with Crippen molar-refractivity contribution in [3.8, 4) is 0 Å². The molecular formula is C14H15N3O5S. The van der Waals surface area contributed by atoms with E-state index in [-0.39, 0.29) is 16.2 Å². The zero-order chi connectivity index (χ0) is 16.8. The number of carbonyl (C=O) groups is 1. The van der Waals surface area contributed by atoms with E-state index in [1.165, 1.54) is 25.4 Å². The summed E-state index contributed by atoms with van der Waals surface area (Å²) in [6.45, 7) is 1.62. The van der Waals surface area contributed by atoms with Gasteiger partial charge in [0.2, 0.25) is 0 Å². The maximum atomic E-state index is 12.5. The van der Waals surface area contributed by atoms with Gasteiger partial charge < -0.3 is 15.3 Å². The van der Waals surface area contributed by atoms with Gasteiger partial charge in [-0.1, -0.05) is 12.1 Å². The number of rotatable bonds is 2. The van der Waals surface area contributed by atoms with Gasteiger partial charge >= 0.3 is 0 Å². The monoisotopic (exact) mass is 337 g/mol. The molecule has 9 heteroatoms. The number of sulfonamides is 1. The van der Waals surface area contributed by atoms with Crippen molar-refractivity contribution in [1.82, 2.24) is 15.1 Å². The number of nitrogens with one attached hydrogen (secondary N) is 2. The van der Waals surface area contributed by atoms with E-state index in [4.69, 9.17) is 4.84 Å². The van der Waals surface area contributed by atoms with Gasteiger partial charge in [-0.3, -0.25) is 9.10 Å². The van der Waals surface area contributed by atoms with Gasteiger partial charge in [-0.25, -0.2) is 8.42 Å². The highest BCUT2D eigenvalue weighted by Crippen LogP contribution is 2.34. The third-order valence-corrected chi connectivity index (χ3v) is 5.46. The van der Waals surface area contributed by atoms with Gasteiger partial charge in [0.05, 0.1) is 4.90 Å². The predicted molar refractivity (Wildman–Crippen MR) is 80.8 cm³/mol. The van der Waals surface area contributed by atoms with Crippen LogP contribution in [-0.2, 0) is 19.7 Å². The van der Waals surface area contributed by atoms with Gasteiger partial charge in [-0.05, 0) is 25.1 Å².